The lowest BCUT2D eigenvalue weighted by atomic mass is 9.89. The Bertz CT molecular complexity index is 428. The smallest absolute Gasteiger partial charge is 0.186 e. The number of carbonyl (C=O) groups is 1. The van der Waals surface area contributed by atoms with Crippen LogP contribution in [0.25, 0.3) is 0 Å². The van der Waals surface area contributed by atoms with Crippen LogP contribution in [0.5, 0.6) is 0 Å². The van der Waals surface area contributed by atoms with Crippen LogP contribution in [0, 0.1) is 0 Å². The van der Waals surface area contributed by atoms with E-state index in [-0.39, 0.29) is 17.4 Å². The highest BCUT2D eigenvalue weighted by Crippen LogP contribution is 2.30. The summed E-state index contributed by atoms with van der Waals surface area (Å²) in [5.41, 5.74) is 5.38. The molecular weight excluding hydrogens is 249 g/mol. The molecular formula is C11H11Cl2NO2. The summed E-state index contributed by atoms with van der Waals surface area (Å²) in [5, 5.41) is 0.612. The Hall–Kier alpha value is -0.610. The molecule has 5 heteroatoms. The van der Waals surface area contributed by atoms with Gasteiger partial charge in [0.05, 0.1) is 16.7 Å². The molecule has 0 saturated carbocycles. The normalized spacial score (nSPS) is 24.7. The lowest BCUT2D eigenvalue weighted by molar-refractivity contribution is 0.0863. The van der Waals surface area contributed by atoms with Gasteiger partial charge in [-0.05, 0) is 18.6 Å². The Morgan fingerprint density at radius 2 is 2.19 bits per heavy atom. The van der Waals surface area contributed by atoms with Crippen LogP contribution >= 0.6 is 23.2 Å². The van der Waals surface area contributed by atoms with Crippen molar-refractivity contribution in [2.45, 2.75) is 12.0 Å². The first-order chi connectivity index (χ1) is 7.54. The van der Waals surface area contributed by atoms with Gasteiger partial charge in [0.15, 0.2) is 5.78 Å². The molecule has 0 radical (unpaired) electrons. The van der Waals surface area contributed by atoms with Crippen LogP contribution in [0.2, 0.25) is 10.0 Å². The second-order valence-corrected chi connectivity index (χ2v) is 4.67. The van der Waals surface area contributed by atoms with Crippen LogP contribution in [0.15, 0.2) is 18.2 Å². The Morgan fingerprint density at radius 1 is 1.44 bits per heavy atom. The van der Waals surface area contributed by atoms with Crippen LogP contribution in [-0.2, 0) is 4.74 Å². The monoisotopic (exact) mass is 259 g/mol. The van der Waals surface area contributed by atoms with Crippen molar-refractivity contribution >= 4 is 29.0 Å². The van der Waals surface area contributed by atoms with E-state index < -0.39 is 5.54 Å². The molecule has 0 bridgehead atoms. The summed E-state index contributed by atoms with van der Waals surface area (Å²) in [5.74, 6) is -0.211. The van der Waals surface area contributed by atoms with Crippen LogP contribution in [0.4, 0.5) is 0 Å². The van der Waals surface area contributed by atoms with E-state index in [4.69, 9.17) is 33.7 Å². The van der Waals surface area contributed by atoms with Crippen molar-refractivity contribution in [3.8, 4) is 0 Å². The van der Waals surface area contributed by atoms with Gasteiger partial charge in [0.25, 0.3) is 0 Å². The predicted molar refractivity (Wildman–Crippen MR) is 63.1 cm³/mol. The van der Waals surface area contributed by atoms with Crippen molar-refractivity contribution in [2.24, 2.45) is 5.73 Å². The highest BCUT2D eigenvalue weighted by molar-refractivity contribution is 6.44. The molecule has 1 aliphatic heterocycles. The summed E-state index contributed by atoms with van der Waals surface area (Å²) in [6, 6.07) is 4.94. The summed E-state index contributed by atoms with van der Waals surface area (Å²) >= 11 is 11.8. The molecule has 0 aliphatic carbocycles. The van der Waals surface area contributed by atoms with Gasteiger partial charge < -0.3 is 10.5 Å². The number of hydrogen-bond donors (Lipinski definition) is 1. The number of nitrogens with two attached hydrogens (primary N) is 1. The van der Waals surface area contributed by atoms with E-state index in [1.165, 1.54) is 0 Å². The van der Waals surface area contributed by atoms with Crippen LogP contribution in [-0.4, -0.2) is 24.5 Å². The zero-order valence-corrected chi connectivity index (χ0v) is 10.0. The number of rotatable bonds is 2. The second-order valence-electron chi connectivity index (χ2n) is 3.89. The van der Waals surface area contributed by atoms with E-state index in [2.05, 4.69) is 0 Å². The molecule has 1 aliphatic rings. The van der Waals surface area contributed by atoms with Crippen molar-refractivity contribution in [2.75, 3.05) is 13.2 Å². The maximum Gasteiger partial charge on any atom is 0.186 e. The average Bonchev–Trinajstić information content (AvgIpc) is 2.70. The molecule has 1 aromatic carbocycles. The first kappa shape index (κ1) is 11.9. The minimum absolute atomic E-state index is 0.211. The van der Waals surface area contributed by atoms with E-state index in [0.29, 0.717) is 23.6 Å². The molecule has 0 aromatic heterocycles. The fourth-order valence-electron chi connectivity index (χ4n) is 1.71. The van der Waals surface area contributed by atoms with Gasteiger partial charge in [0.2, 0.25) is 0 Å². The Labute approximate surface area is 103 Å². The van der Waals surface area contributed by atoms with Crippen LogP contribution in [0.1, 0.15) is 16.8 Å². The van der Waals surface area contributed by atoms with E-state index in [1.54, 1.807) is 18.2 Å². The molecule has 3 nitrogen and oxygen atoms in total. The number of carbonyl (C=O) groups excluding carboxylic acids is 1. The van der Waals surface area contributed by atoms with Gasteiger partial charge >= 0.3 is 0 Å². The largest absolute Gasteiger partial charge is 0.379 e. The van der Waals surface area contributed by atoms with E-state index in [0.717, 1.165) is 0 Å². The van der Waals surface area contributed by atoms with Crippen molar-refractivity contribution in [3.63, 3.8) is 0 Å². The summed E-state index contributed by atoms with van der Waals surface area (Å²) in [6.07, 6.45) is 0.509. The molecule has 1 aromatic rings. The maximum absolute atomic E-state index is 12.2. The SMILES string of the molecule is NC1(C(=O)c2cccc(Cl)c2Cl)CCOC1. The Kier molecular flexibility index (Phi) is 3.22. The molecule has 1 fully saturated rings. The number of hydrogen-bond acceptors (Lipinski definition) is 3. The number of Topliss-reactive ketones (excluding diaryl/α,β-unsaturated/α-hetero) is 1. The maximum atomic E-state index is 12.2. The van der Waals surface area contributed by atoms with E-state index in [9.17, 15) is 4.79 Å². The molecule has 0 amide bonds. The third-order valence-electron chi connectivity index (χ3n) is 2.70. The summed E-state index contributed by atoms with van der Waals surface area (Å²) in [4.78, 5) is 12.2. The van der Waals surface area contributed by atoms with Gasteiger partial charge in [-0.3, -0.25) is 4.79 Å². The number of benzene rings is 1. The molecule has 16 heavy (non-hydrogen) atoms. The zero-order chi connectivity index (χ0) is 11.8. The lowest BCUT2D eigenvalue weighted by Crippen LogP contribution is -2.48. The summed E-state index contributed by atoms with van der Waals surface area (Å²) < 4.78 is 5.15. The highest BCUT2D eigenvalue weighted by Gasteiger charge is 2.39. The first-order valence-corrected chi connectivity index (χ1v) is 5.66. The Balaban J connectivity index is 2.37. The van der Waals surface area contributed by atoms with Crippen LogP contribution < -0.4 is 5.73 Å². The van der Waals surface area contributed by atoms with Gasteiger partial charge in [0.1, 0.15) is 5.54 Å². The molecule has 1 saturated heterocycles. The van der Waals surface area contributed by atoms with Crippen molar-refractivity contribution in [1.29, 1.82) is 0 Å². The minimum Gasteiger partial charge on any atom is -0.379 e. The summed E-state index contributed by atoms with van der Waals surface area (Å²) in [6.45, 7) is 0.731. The predicted octanol–water partition coefficient (Wildman–Crippen LogP) is 2.29. The number of ketones is 1. The first-order valence-electron chi connectivity index (χ1n) is 4.90. The molecule has 2 rings (SSSR count). The van der Waals surface area contributed by atoms with Gasteiger partial charge in [-0.1, -0.05) is 29.3 Å². The average molecular weight is 260 g/mol. The molecule has 2 N–H and O–H groups in total. The van der Waals surface area contributed by atoms with Gasteiger partial charge in [0, 0.05) is 12.2 Å². The second kappa shape index (κ2) is 4.34. The Morgan fingerprint density at radius 3 is 2.81 bits per heavy atom. The fourth-order valence-corrected chi connectivity index (χ4v) is 2.09. The van der Waals surface area contributed by atoms with Gasteiger partial charge in [-0.2, -0.15) is 0 Å². The fraction of sp³-hybridized carbons (Fsp3) is 0.364. The molecule has 1 unspecified atom stereocenters. The number of halogens is 2. The van der Waals surface area contributed by atoms with Crippen molar-refractivity contribution in [1.82, 2.24) is 0 Å². The minimum atomic E-state index is -0.964. The van der Waals surface area contributed by atoms with E-state index in [1.807, 2.05) is 0 Å². The topological polar surface area (TPSA) is 52.3 Å². The van der Waals surface area contributed by atoms with Gasteiger partial charge in [-0.15, -0.1) is 0 Å². The highest BCUT2D eigenvalue weighted by atomic mass is 35.5. The van der Waals surface area contributed by atoms with Crippen LogP contribution in [0.3, 0.4) is 0 Å². The molecule has 1 atom stereocenters. The molecule has 86 valence electrons. The third-order valence-corrected chi connectivity index (χ3v) is 3.52. The zero-order valence-electron chi connectivity index (χ0n) is 8.50. The molecule has 1 heterocycles. The lowest BCUT2D eigenvalue weighted by Gasteiger charge is -2.20. The van der Waals surface area contributed by atoms with Crippen molar-refractivity contribution in [3.05, 3.63) is 33.8 Å². The standard InChI is InChI=1S/C11H11Cl2NO2/c12-8-3-1-2-7(9(8)13)10(15)11(14)4-5-16-6-11/h1-3H,4-6,14H2. The number of ether oxygens (including phenoxy) is 1. The third kappa shape index (κ3) is 1.96. The van der Waals surface area contributed by atoms with Crippen molar-refractivity contribution < 1.29 is 9.53 Å². The molecule has 0 spiro atoms. The quantitative estimate of drug-likeness (QED) is 0.830. The summed E-state index contributed by atoms with van der Waals surface area (Å²) in [7, 11) is 0. The van der Waals surface area contributed by atoms with Gasteiger partial charge in [-0.25, -0.2) is 0 Å². The van der Waals surface area contributed by atoms with E-state index >= 15 is 0 Å².